The van der Waals surface area contributed by atoms with E-state index in [-0.39, 0.29) is 5.91 Å². The monoisotopic (exact) mass is 426 g/mol. The van der Waals surface area contributed by atoms with Gasteiger partial charge in [0.1, 0.15) is 5.82 Å². The molecule has 2 aromatic heterocycles. The zero-order valence-electron chi connectivity index (χ0n) is 13.9. The molecule has 26 heavy (non-hydrogen) atoms. The van der Waals surface area contributed by atoms with Crippen LogP contribution in [-0.2, 0) is 13.0 Å². The molecular weight excluding hydrogens is 411 g/mol. The topological polar surface area (TPSA) is 62.7 Å². The first-order valence-electron chi connectivity index (χ1n) is 7.96. The molecule has 3 rings (SSSR count). The molecule has 1 amide bonds. The van der Waals surface area contributed by atoms with Crippen LogP contribution in [0.25, 0.3) is 10.4 Å². The Morgan fingerprint density at radius 1 is 1.31 bits per heavy atom. The van der Waals surface area contributed by atoms with Crippen molar-refractivity contribution in [1.29, 1.82) is 0 Å². The summed E-state index contributed by atoms with van der Waals surface area (Å²) < 4.78 is 2.50. The Morgan fingerprint density at radius 2 is 2.04 bits per heavy atom. The van der Waals surface area contributed by atoms with Crippen LogP contribution in [0.5, 0.6) is 0 Å². The van der Waals surface area contributed by atoms with Crippen LogP contribution in [0.2, 0.25) is 10.0 Å². The van der Waals surface area contributed by atoms with Crippen molar-refractivity contribution in [2.24, 2.45) is 0 Å². The molecule has 0 spiro atoms. The molecule has 0 radical (unpaired) electrons. The van der Waals surface area contributed by atoms with Gasteiger partial charge in [0.2, 0.25) is 0 Å². The molecule has 2 heterocycles. The fourth-order valence-corrected chi connectivity index (χ4v) is 4.27. The molecule has 0 aliphatic carbocycles. The lowest BCUT2D eigenvalue weighted by atomic mass is 10.2. The molecule has 0 aliphatic rings. The van der Waals surface area contributed by atoms with Crippen LogP contribution in [0.15, 0.2) is 30.3 Å². The minimum atomic E-state index is -0.119. The van der Waals surface area contributed by atoms with Gasteiger partial charge < -0.3 is 9.88 Å². The summed E-state index contributed by atoms with van der Waals surface area (Å²) in [5.41, 5.74) is 0.894. The second-order valence-corrected chi connectivity index (χ2v) is 7.86. The highest BCUT2D eigenvalue weighted by molar-refractivity contribution is 7.71. The SMILES string of the molecule is CCn1c(CCNC(=O)c2ccc(-c3cc(Cl)cc(Cl)c3)s2)n[nH]c1=S. The van der Waals surface area contributed by atoms with Gasteiger partial charge in [-0.15, -0.1) is 11.3 Å². The third-order valence-corrected chi connectivity index (χ3v) is 5.65. The number of H-pyrrole nitrogens is 1. The highest BCUT2D eigenvalue weighted by Crippen LogP contribution is 2.32. The Bertz CT molecular complexity index is 973. The third-order valence-electron chi connectivity index (χ3n) is 3.76. The second-order valence-electron chi connectivity index (χ2n) is 5.52. The molecule has 136 valence electrons. The van der Waals surface area contributed by atoms with Crippen molar-refractivity contribution < 1.29 is 4.79 Å². The number of nitrogens with zero attached hydrogens (tertiary/aromatic N) is 2. The van der Waals surface area contributed by atoms with Crippen molar-refractivity contribution in [2.75, 3.05) is 6.54 Å². The van der Waals surface area contributed by atoms with Gasteiger partial charge in [0.15, 0.2) is 4.77 Å². The second kappa shape index (κ2) is 8.35. The number of rotatable bonds is 6. The van der Waals surface area contributed by atoms with E-state index >= 15 is 0 Å². The Kier molecular flexibility index (Phi) is 6.13. The van der Waals surface area contributed by atoms with Gasteiger partial charge in [-0.3, -0.25) is 9.89 Å². The molecule has 0 bridgehead atoms. The number of aromatic nitrogens is 3. The predicted octanol–water partition coefficient (Wildman–Crippen LogP) is 4.97. The number of aromatic amines is 1. The van der Waals surface area contributed by atoms with E-state index in [9.17, 15) is 4.79 Å². The van der Waals surface area contributed by atoms with Crippen molar-refractivity contribution in [3.63, 3.8) is 0 Å². The number of amides is 1. The van der Waals surface area contributed by atoms with E-state index in [0.29, 0.717) is 32.7 Å². The van der Waals surface area contributed by atoms with E-state index in [1.54, 1.807) is 12.1 Å². The van der Waals surface area contributed by atoms with Crippen LogP contribution in [0.3, 0.4) is 0 Å². The molecule has 3 aromatic rings. The first kappa shape index (κ1) is 19.1. The number of nitrogens with one attached hydrogen (secondary N) is 2. The first-order chi connectivity index (χ1) is 12.5. The summed E-state index contributed by atoms with van der Waals surface area (Å²) in [6.07, 6.45) is 0.606. The van der Waals surface area contributed by atoms with E-state index in [4.69, 9.17) is 35.4 Å². The van der Waals surface area contributed by atoms with Gasteiger partial charge in [-0.05, 0) is 55.0 Å². The van der Waals surface area contributed by atoms with Crippen LogP contribution < -0.4 is 5.32 Å². The maximum atomic E-state index is 12.4. The lowest BCUT2D eigenvalue weighted by Crippen LogP contribution is -2.25. The van der Waals surface area contributed by atoms with E-state index in [2.05, 4.69) is 15.5 Å². The van der Waals surface area contributed by atoms with Crippen molar-refractivity contribution >= 4 is 52.7 Å². The largest absolute Gasteiger partial charge is 0.351 e. The van der Waals surface area contributed by atoms with E-state index in [1.807, 2.05) is 29.7 Å². The minimum absolute atomic E-state index is 0.119. The molecule has 5 nitrogen and oxygen atoms in total. The van der Waals surface area contributed by atoms with Gasteiger partial charge in [-0.25, -0.2) is 0 Å². The molecule has 9 heteroatoms. The van der Waals surface area contributed by atoms with Crippen molar-refractivity contribution in [3.8, 4) is 10.4 Å². The van der Waals surface area contributed by atoms with Crippen molar-refractivity contribution in [2.45, 2.75) is 19.9 Å². The molecule has 0 atom stereocenters. The van der Waals surface area contributed by atoms with Crippen molar-refractivity contribution in [1.82, 2.24) is 20.1 Å². The first-order valence-corrected chi connectivity index (χ1v) is 9.94. The summed E-state index contributed by atoms with van der Waals surface area (Å²) in [6.45, 7) is 3.23. The number of halogens is 2. The maximum Gasteiger partial charge on any atom is 0.261 e. The van der Waals surface area contributed by atoms with Crippen LogP contribution in [-0.4, -0.2) is 27.2 Å². The summed E-state index contributed by atoms with van der Waals surface area (Å²) in [6, 6.07) is 9.03. The fraction of sp³-hybridized carbons (Fsp3) is 0.235. The minimum Gasteiger partial charge on any atom is -0.351 e. The molecule has 2 N–H and O–H groups in total. The van der Waals surface area contributed by atoms with Crippen LogP contribution >= 0.6 is 46.8 Å². The lowest BCUT2D eigenvalue weighted by molar-refractivity contribution is 0.0958. The van der Waals surface area contributed by atoms with E-state index in [0.717, 1.165) is 22.8 Å². The lowest BCUT2D eigenvalue weighted by Gasteiger charge is -2.05. The van der Waals surface area contributed by atoms with Crippen LogP contribution in [0, 0.1) is 4.77 Å². The van der Waals surface area contributed by atoms with Crippen LogP contribution in [0.4, 0.5) is 0 Å². The van der Waals surface area contributed by atoms with Gasteiger partial charge in [0, 0.05) is 34.4 Å². The van der Waals surface area contributed by atoms with E-state index < -0.39 is 0 Å². The summed E-state index contributed by atoms with van der Waals surface area (Å²) in [7, 11) is 0. The molecule has 0 aliphatic heterocycles. The fourth-order valence-electron chi connectivity index (χ4n) is 2.55. The van der Waals surface area contributed by atoms with Crippen LogP contribution in [0.1, 0.15) is 22.4 Å². The Morgan fingerprint density at radius 3 is 2.73 bits per heavy atom. The average Bonchev–Trinajstić information content (AvgIpc) is 3.21. The van der Waals surface area contributed by atoms with E-state index in [1.165, 1.54) is 11.3 Å². The van der Waals surface area contributed by atoms with Gasteiger partial charge >= 0.3 is 0 Å². The molecule has 1 aromatic carbocycles. The number of hydrogen-bond acceptors (Lipinski definition) is 4. The molecule has 0 fully saturated rings. The molecular formula is C17H16Cl2N4OS2. The van der Waals surface area contributed by atoms with Gasteiger partial charge in [-0.2, -0.15) is 5.10 Å². The average molecular weight is 427 g/mol. The zero-order chi connectivity index (χ0) is 18.7. The number of carbonyl (C=O) groups excluding carboxylic acids is 1. The van der Waals surface area contributed by atoms with Gasteiger partial charge in [0.25, 0.3) is 5.91 Å². The summed E-state index contributed by atoms with van der Waals surface area (Å²) in [5.74, 6) is 0.713. The Labute approximate surface area is 170 Å². The summed E-state index contributed by atoms with van der Waals surface area (Å²) >= 11 is 18.6. The number of thiophene rings is 1. The molecule has 0 unspecified atom stereocenters. The number of hydrogen-bond donors (Lipinski definition) is 2. The number of carbonyl (C=O) groups is 1. The van der Waals surface area contributed by atoms with Gasteiger partial charge in [-0.1, -0.05) is 23.2 Å². The van der Waals surface area contributed by atoms with Crippen molar-refractivity contribution in [3.05, 3.63) is 55.8 Å². The molecule has 0 saturated carbocycles. The smallest absolute Gasteiger partial charge is 0.261 e. The highest BCUT2D eigenvalue weighted by Gasteiger charge is 2.12. The third kappa shape index (κ3) is 4.35. The van der Waals surface area contributed by atoms with Gasteiger partial charge in [0.05, 0.1) is 4.88 Å². The normalized spacial score (nSPS) is 10.9. The summed E-state index contributed by atoms with van der Waals surface area (Å²) in [5, 5.41) is 11.0. The maximum absolute atomic E-state index is 12.4. The standard InChI is InChI=1S/C17H16Cl2N4OS2/c1-2-23-15(21-22-17(23)25)5-6-20-16(24)14-4-3-13(26-14)10-7-11(18)9-12(19)8-10/h3-4,7-9H,2,5-6H2,1H3,(H,20,24)(H,22,25). The number of benzene rings is 1. The predicted molar refractivity (Wildman–Crippen MR) is 109 cm³/mol. The quantitative estimate of drug-likeness (QED) is 0.546. The highest BCUT2D eigenvalue weighted by atomic mass is 35.5. The zero-order valence-corrected chi connectivity index (χ0v) is 17.0. The Balaban J connectivity index is 1.64. The summed E-state index contributed by atoms with van der Waals surface area (Å²) in [4.78, 5) is 13.9. The Hall–Kier alpha value is -1.67. The molecule has 0 saturated heterocycles.